The monoisotopic (exact) mass is 349 g/mol. The first-order valence-corrected chi connectivity index (χ1v) is 6.03. The van der Waals surface area contributed by atoms with E-state index in [1.165, 1.54) is 24.3 Å². The van der Waals surface area contributed by atoms with Crippen molar-refractivity contribution >= 4 is 33.5 Å². The summed E-state index contributed by atoms with van der Waals surface area (Å²) in [6.07, 6.45) is -4.49. The fourth-order valence-electron chi connectivity index (χ4n) is 1.48. The van der Waals surface area contributed by atoms with Crippen LogP contribution in [0.3, 0.4) is 0 Å². The number of hydrogen-bond acceptors (Lipinski definition) is 3. The van der Waals surface area contributed by atoms with Crippen molar-refractivity contribution in [3.8, 4) is 0 Å². The molecule has 0 aliphatic heterocycles. The number of carboxylic acid groups (broad SMARTS) is 1. The Balaban J connectivity index is 2.27. The maximum Gasteiger partial charge on any atom is 0.417 e. The number of aromatic carboxylic acids is 1. The van der Waals surface area contributed by atoms with Crippen LogP contribution in [-0.4, -0.2) is 11.1 Å². The van der Waals surface area contributed by atoms with Crippen molar-refractivity contribution < 1.29 is 27.5 Å². The molecule has 0 amide bonds. The molecule has 0 saturated heterocycles. The fraction of sp³-hybridized carbons (Fsp3) is 0.0833. The number of nitrogens with one attached hydrogen (secondary N) is 1. The molecule has 4 nitrogen and oxygen atoms in total. The molecule has 1 aromatic carbocycles. The van der Waals surface area contributed by atoms with Gasteiger partial charge in [-0.1, -0.05) is 15.9 Å². The van der Waals surface area contributed by atoms with Crippen LogP contribution in [0.25, 0.3) is 0 Å². The van der Waals surface area contributed by atoms with Gasteiger partial charge in [-0.2, -0.15) is 13.2 Å². The van der Waals surface area contributed by atoms with Crippen molar-refractivity contribution in [2.45, 2.75) is 6.18 Å². The van der Waals surface area contributed by atoms with Gasteiger partial charge in [-0.15, -0.1) is 0 Å². The molecule has 2 rings (SSSR count). The normalized spacial score (nSPS) is 11.4. The van der Waals surface area contributed by atoms with Crippen LogP contribution in [0.4, 0.5) is 24.7 Å². The van der Waals surface area contributed by atoms with Crippen molar-refractivity contribution in [3.63, 3.8) is 0 Å². The van der Waals surface area contributed by atoms with Gasteiger partial charge in [-0.3, -0.25) is 0 Å². The smallest absolute Gasteiger partial charge is 0.417 e. The van der Waals surface area contributed by atoms with Crippen LogP contribution in [0.1, 0.15) is 16.1 Å². The zero-order valence-corrected chi connectivity index (χ0v) is 11.2. The van der Waals surface area contributed by atoms with E-state index < -0.39 is 17.7 Å². The van der Waals surface area contributed by atoms with E-state index in [-0.39, 0.29) is 21.8 Å². The molecule has 0 aliphatic rings. The lowest BCUT2D eigenvalue weighted by atomic mass is 10.2. The van der Waals surface area contributed by atoms with Crippen molar-refractivity contribution in [2.75, 3.05) is 5.32 Å². The molecule has 1 aromatic heterocycles. The second kappa shape index (κ2) is 5.20. The summed E-state index contributed by atoms with van der Waals surface area (Å²) in [6, 6.07) is 6.06. The van der Waals surface area contributed by atoms with Crippen LogP contribution < -0.4 is 5.32 Å². The highest BCUT2D eigenvalue weighted by molar-refractivity contribution is 9.10. The molecule has 0 bridgehead atoms. The van der Waals surface area contributed by atoms with E-state index in [0.717, 1.165) is 6.07 Å². The highest BCUT2D eigenvalue weighted by Crippen LogP contribution is 2.36. The second-order valence-corrected chi connectivity index (χ2v) is 4.64. The van der Waals surface area contributed by atoms with Gasteiger partial charge in [0.2, 0.25) is 5.76 Å². The predicted octanol–water partition coefficient (Wildman–Crippen LogP) is 4.50. The van der Waals surface area contributed by atoms with E-state index in [1.807, 2.05) is 0 Å². The maximum atomic E-state index is 12.7. The number of carboxylic acids is 1. The highest BCUT2D eigenvalue weighted by Gasteiger charge is 2.33. The summed E-state index contributed by atoms with van der Waals surface area (Å²) in [5.41, 5.74) is -0.709. The molecule has 0 spiro atoms. The number of alkyl halides is 3. The molecule has 0 unspecified atom stereocenters. The van der Waals surface area contributed by atoms with Crippen LogP contribution in [-0.2, 0) is 6.18 Å². The van der Waals surface area contributed by atoms with Crippen molar-refractivity contribution in [1.29, 1.82) is 0 Å². The SMILES string of the molecule is O=C(O)c1ccc(Nc2ccc(Br)c(C(F)(F)F)c2)o1. The van der Waals surface area contributed by atoms with Gasteiger partial charge in [0, 0.05) is 16.2 Å². The predicted molar refractivity (Wildman–Crippen MR) is 68.1 cm³/mol. The lowest BCUT2D eigenvalue weighted by Gasteiger charge is -2.11. The van der Waals surface area contributed by atoms with Gasteiger partial charge in [0.25, 0.3) is 0 Å². The third-order valence-electron chi connectivity index (χ3n) is 2.36. The maximum absolute atomic E-state index is 12.7. The first-order chi connectivity index (χ1) is 9.27. The molecule has 0 atom stereocenters. The van der Waals surface area contributed by atoms with Crippen LogP contribution in [0.15, 0.2) is 39.2 Å². The largest absolute Gasteiger partial charge is 0.475 e. The molecule has 106 valence electrons. The average Bonchev–Trinajstić information content (AvgIpc) is 2.79. The van der Waals surface area contributed by atoms with Gasteiger partial charge in [0.15, 0.2) is 5.88 Å². The van der Waals surface area contributed by atoms with Crippen LogP contribution in [0.5, 0.6) is 0 Å². The van der Waals surface area contributed by atoms with Gasteiger partial charge >= 0.3 is 12.1 Å². The third-order valence-corrected chi connectivity index (χ3v) is 3.05. The average molecular weight is 350 g/mol. The summed E-state index contributed by atoms with van der Waals surface area (Å²) in [5, 5.41) is 11.2. The summed E-state index contributed by atoms with van der Waals surface area (Å²) in [4.78, 5) is 10.6. The Morgan fingerprint density at radius 2 is 1.95 bits per heavy atom. The van der Waals surface area contributed by atoms with E-state index in [2.05, 4.69) is 21.2 Å². The molecular weight excluding hydrogens is 343 g/mol. The molecule has 0 fully saturated rings. The van der Waals surface area contributed by atoms with E-state index in [4.69, 9.17) is 9.52 Å². The first kappa shape index (κ1) is 14.4. The number of anilines is 2. The molecule has 0 aliphatic carbocycles. The minimum atomic E-state index is -4.49. The molecule has 2 aromatic rings. The number of hydrogen-bond donors (Lipinski definition) is 2. The standard InChI is InChI=1S/C12H7BrF3NO3/c13-8-2-1-6(5-7(8)12(14,15)16)17-10-4-3-9(20-10)11(18)19/h1-5,17H,(H,18,19). The van der Waals surface area contributed by atoms with Crippen molar-refractivity contribution in [1.82, 2.24) is 0 Å². The summed E-state index contributed by atoms with van der Waals surface area (Å²) in [6.45, 7) is 0. The van der Waals surface area contributed by atoms with Crippen molar-refractivity contribution in [3.05, 3.63) is 46.1 Å². The van der Waals surface area contributed by atoms with Gasteiger partial charge in [-0.25, -0.2) is 4.79 Å². The molecule has 0 saturated carbocycles. The third kappa shape index (κ3) is 3.13. The molecular formula is C12H7BrF3NO3. The minimum Gasteiger partial charge on any atom is -0.475 e. The summed E-state index contributed by atoms with van der Waals surface area (Å²) in [7, 11) is 0. The van der Waals surface area contributed by atoms with Crippen LogP contribution in [0, 0.1) is 0 Å². The van der Waals surface area contributed by atoms with E-state index in [1.54, 1.807) is 0 Å². The molecule has 20 heavy (non-hydrogen) atoms. The Hall–Kier alpha value is -1.96. The Morgan fingerprint density at radius 3 is 2.50 bits per heavy atom. The van der Waals surface area contributed by atoms with Crippen LogP contribution in [0.2, 0.25) is 0 Å². The van der Waals surface area contributed by atoms with E-state index in [0.29, 0.717) is 0 Å². The topological polar surface area (TPSA) is 62.5 Å². The number of carbonyl (C=O) groups is 1. The van der Waals surface area contributed by atoms with Gasteiger partial charge in [0.1, 0.15) is 0 Å². The van der Waals surface area contributed by atoms with Crippen LogP contribution >= 0.6 is 15.9 Å². The lowest BCUT2D eigenvalue weighted by molar-refractivity contribution is -0.138. The zero-order chi connectivity index (χ0) is 14.9. The summed E-state index contributed by atoms with van der Waals surface area (Å²) in [5.74, 6) is -1.52. The van der Waals surface area contributed by atoms with Gasteiger partial charge < -0.3 is 14.8 Å². The Bertz CT molecular complexity index is 652. The Kier molecular flexibility index (Phi) is 3.76. The fourth-order valence-corrected chi connectivity index (χ4v) is 1.95. The van der Waals surface area contributed by atoms with Gasteiger partial charge in [-0.05, 0) is 24.3 Å². The minimum absolute atomic E-state index is 0.0397. The second-order valence-electron chi connectivity index (χ2n) is 3.79. The number of benzene rings is 1. The Morgan fingerprint density at radius 1 is 1.25 bits per heavy atom. The van der Waals surface area contributed by atoms with E-state index >= 15 is 0 Å². The number of rotatable bonds is 3. The molecule has 1 heterocycles. The highest BCUT2D eigenvalue weighted by atomic mass is 79.9. The molecule has 0 radical (unpaired) electrons. The summed E-state index contributed by atoms with van der Waals surface area (Å²) >= 11 is 2.83. The summed E-state index contributed by atoms with van der Waals surface area (Å²) < 4.78 is 43.0. The van der Waals surface area contributed by atoms with Crippen molar-refractivity contribution in [2.24, 2.45) is 0 Å². The molecule has 2 N–H and O–H groups in total. The van der Waals surface area contributed by atoms with E-state index in [9.17, 15) is 18.0 Å². The quantitative estimate of drug-likeness (QED) is 0.856. The number of halogens is 4. The van der Waals surface area contributed by atoms with Gasteiger partial charge in [0.05, 0.1) is 5.56 Å². The lowest BCUT2D eigenvalue weighted by Crippen LogP contribution is -2.06. The first-order valence-electron chi connectivity index (χ1n) is 5.24. The Labute approximate surface area is 119 Å². The molecule has 8 heteroatoms. The zero-order valence-electron chi connectivity index (χ0n) is 9.66. The number of furan rings is 1.